The highest BCUT2D eigenvalue weighted by Gasteiger charge is 2.74. The van der Waals surface area contributed by atoms with Crippen molar-refractivity contribution in [1.82, 2.24) is 4.90 Å². The van der Waals surface area contributed by atoms with E-state index in [0.29, 0.717) is 16.8 Å². The SMILES string of the molecule is CN(C)c1cc(-c2ccc(Cl)c(Cl)c2)c(O)c2c1C[C@@]1(N)C[C@@]3(N)[C@H](N(C)C)C(=O)C(C(N)=O)=C(O)[C@@]3(C#N)C(=O)C1=C2O. The normalized spacial score (nSPS) is 28.0. The molecule has 2 aromatic rings. The number of ketones is 2. The third-order valence-corrected chi connectivity index (χ3v) is 9.68. The number of nitrogens with zero attached hydrogens (tertiary/aromatic N) is 3. The predicted molar refractivity (Wildman–Crippen MR) is 164 cm³/mol. The van der Waals surface area contributed by atoms with Crippen LogP contribution < -0.4 is 22.1 Å². The molecule has 9 N–H and O–H groups in total. The Kier molecular flexibility index (Phi) is 7.08. The van der Waals surface area contributed by atoms with Gasteiger partial charge in [-0.1, -0.05) is 29.3 Å². The Morgan fingerprint density at radius 3 is 2.23 bits per heavy atom. The molecule has 2 aromatic carbocycles. The van der Waals surface area contributed by atoms with E-state index in [0.717, 1.165) is 0 Å². The van der Waals surface area contributed by atoms with Gasteiger partial charge in [-0.25, -0.2) is 0 Å². The van der Waals surface area contributed by atoms with Crippen molar-refractivity contribution in [1.29, 1.82) is 5.26 Å². The van der Waals surface area contributed by atoms with Crippen LogP contribution >= 0.6 is 23.2 Å². The van der Waals surface area contributed by atoms with Gasteiger partial charge in [0.05, 0.1) is 44.4 Å². The van der Waals surface area contributed by atoms with Crippen LogP contribution in [0.4, 0.5) is 5.69 Å². The van der Waals surface area contributed by atoms with E-state index in [1.807, 2.05) is 0 Å². The van der Waals surface area contributed by atoms with Crippen molar-refractivity contribution >= 4 is 52.1 Å². The minimum Gasteiger partial charge on any atom is -0.509 e. The molecule has 5 rings (SSSR count). The van der Waals surface area contributed by atoms with Gasteiger partial charge < -0.3 is 37.4 Å². The van der Waals surface area contributed by atoms with Gasteiger partial charge in [0.1, 0.15) is 22.8 Å². The van der Waals surface area contributed by atoms with Crippen molar-refractivity contribution in [3.8, 4) is 22.9 Å². The van der Waals surface area contributed by atoms with Crippen molar-refractivity contribution in [3.63, 3.8) is 0 Å². The lowest BCUT2D eigenvalue weighted by molar-refractivity contribution is -0.139. The zero-order valence-corrected chi connectivity index (χ0v) is 25.7. The van der Waals surface area contributed by atoms with Gasteiger partial charge >= 0.3 is 0 Å². The summed E-state index contributed by atoms with van der Waals surface area (Å²) in [7, 11) is 6.38. The second-order valence-electron chi connectivity index (χ2n) is 12.0. The van der Waals surface area contributed by atoms with Crippen molar-refractivity contribution in [2.75, 3.05) is 33.1 Å². The number of aliphatic hydroxyl groups is 2. The molecule has 3 aliphatic rings. The van der Waals surface area contributed by atoms with Gasteiger partial charge in [0, 0.05) is 25.3 Å². The largest absolute Gasteiger partial charge is 0.509 e. The van der Waals surface area contributed by atoms with Crippen LogP contribution in [0.2, 0.25) is 10.0 Å². The molecule has 0 aromatic heterocycles. The van der Waals surface area contributed by atoms with E-state index in [1.54, 1.807) is 37.2 Å². The Bertz CT molecular complexity index is 1810. The second-order valence-corrected chi connectivity index (χ2v) is 12.8. The number of nitrogens with two attached hydrogens (primary N) is 3. The number of fused-ring (bicyclic) bond motifs is 3. The maximum Gasteiger partial charge on any atom is 0.255 e. The molecule has 1 fully saturated rings. The third kappa shape index (κ3) is 3.84. The first kappa shape index (κ1) is 31.3. The van der Waals surface area contributed by atoms with E-state index in [9.17, 15) is 35.0 Å². The van der Waals surface area contributed by atoms with E-state index in [1.165, 1.54) is 31.1 Å². The van der Waals surface area contributed by atoms with Gasteiger partial charge in [0.15, 0.2) is 17.0 Å². The molecule has 44 heavy (non-hydrogen) atoms. The molecule has 1 amide bonds. The number of Topliss-reactive ketones (excluding diaryl/α,β-unsaturated/α-hetero) is 2. The van der Waals surface area contributed by atoms with E-state index >= 15 is 0 Å². The van der Waals surface area contributed by atoms with Crippen LogP contribution in [0.25, 0.3) is 16.9 Å². The van der Waals surface area contributed by atoms with Gasteiger partial charge in [-0.15, -0.1) is 0 Å². The Balaban J connectivity index is 1.88. The number of phenolic OH excluding ortho intramolecular Hbond substituents is 1. The summed E-state index contributed by atoms with van der Waals surface area (Å²) in [5.41, 5.74) is 12.5. The molecule has 14 heteroatoms. The van der Waals surface area contributed by atoms with E-state index in [4.69, 9.17) is 40.4 Å². The Morgan fingerprint density at radius 2 is 1.70 bits per heavy atom. The molecule has 1 saturated carbocycles. The van der Waals surface area contributed by atoms with E-state index < -0.39 is 74.8 Å². The molecule has 0 spiro atoms. The highest BCUT2D eigenvalue weighted by Crippen LogP contribution is 2.59. The number of likely N-dealkylation sites (N-methyl/N-ethyl adjacent to an activating group) is 1. The summed E-state index contributed by atoms with van der Waals surface area (Å²) < 4.78 is 0. The average molecular weight is 642 g/mol. The Labute approximate surface area is 262 Å². The van der Waals surface area contributed by atoms with Crippen LogP contribution in [-0.2, 0) is 20.8 Å². The van der Waals surface area contributed by atoms with Gasteiger partial charge in [0.2, 0.25) is 0 Å². The van der Waals surface area contributed by atoms with Gasteiger partial charge in [0.25, 0.3) is 5.91 Å². The third-order valence-electron chi connectivity index (χ3n) is 8.94. The maximum absolute atomic E-state index is 14.6. The lowest BCUT2D eigenvalue weighted by Crippen LogP contribution is -2.80. The number of benzene rings is 2. The molecule has 0 heterocycles. The molecule has 3 aliphatic carbocycles. The van der Waals surface area contributed by atoms with Gasteiger partial charge in [-0.05, 0) is 56.3 Å². The Hall–Kier alpha value is -4.12. The number of primary amides is 1. The smallest absolute Gasteiger partial charge is 0.255 e. The number of aromatic hydroxyl groups is 1. The second kappa shape index (κ2) is 9.95. The van der Waals surface area contributed by atoms with Crippen LogP contribution in [0.1, 0.15) is 17.5 Å². The quantitative estimate of drug-likeness (QED) is 0.265. The first-order valence-corrected chi connectivity index (χ1v) is 14.1. The highest BCUT2D eigenvalue weighted by atomic mass is 35.5. The minimum atomic E-state index is -2.74. The van der Waals surface area contributed by atoms with Crippen molar-refractivity contribution < 1.29 is 29.7 Å². The number of amides is 1. The topological polar surface area (TPSA) is 220 Å². The van der Waals surface area contributed by atoms with E-state index in [-0.39, 0.29) is 27.6 Å². The molecule has 0 bridgehead atoms. The number of aliphatic hydroxyl groups excluding tert-OH is 2. The lowest BCUT2D eigenvalue weighted by atomic mass is 9.47. The monoisotopic (exact) mass is 640 g/mol. The molecule has 12 nitrogen and oxygen atoms in total. The fourth-order valence-electron chi connectivity index (χ4n) is 7.16. The molecule has 0 aliphatic heterocycles. The summed E-state index contributed by atoms with van der Waals surface area (Å²) in [4.78, 5) is 43.6. The summed E-state index contributed by atoms with van der Waals surface area (Å²) in [5, 5.41) is 45.9. The average Bonchev–Trinajstić information content (AvgIpc) is 2.89. The predicted octanol–water partition coefficient (Wildman–Crippen LogP) is 1.95. The van der Waals surface area contributed by atoms with Crippen molar-refractivity contribution in [2.24, 2.45) is 22.6 Å². The zero-order valence-electron chi connectivity index (χ0n) is 24.2. The molecule has 230 valence electrons. The molecular weight excluding hydrogens is 611 g/mol. The van der Waals surface area contributed by atoms with Gasteiger partial charge in [-0.3, -0.25) is 19.3 Å². The van der Waals surface area contributed by atoms with Crippen LogP contribution in [0.5, 0.6) is 5.75 Å². The van der Waals surface area contributed by atoms with Crippen molar-refractivity contribution in [3.05, 3.63) is 62.3 Å². The fraction of sp³-hybridized carbons (Fsp3) is 0.333. The molecule has 0 saturated heterocycles. The van der Waals surface area contributed by atoms with Crippen LogP contribution in [0.15, 0.2) is 41.2 Å². The maximum atomic E-state index is 14.6. The van der Waals surface area contributed by atoms with Crippen LogP contribution in [-0.4, -0.2) is 83.0 Å². The minimum absolute atomic E-state index is 0.131. The number of hydrogen-bond donors (Lipinski definition) is 6. The number of carbonyl (C=O) groups is 3. The molecule has 0 unspecified atom stereocenters. The molecular formula is C30H30Cl2N6O6. The number of rotatable bonds is 4. The van der Waals surface area contributed by atoms with Crippen LogP contribution in [0, 0.1) is 16.7 Å². The number of carbonyl (C=O) groups excluding carboxylic acids is 3. The number of nitriles is 1. The van der Waals surface area contributed by atoms with Crippen molar-refractivity contribution in [2.45, 2.75) is 30.0 Å². The summed E-state index contributed by atoms with van der Waals surface area (Å²) in [5.74, 6) is -5.93. The summed E-state index contributed by atoms with van der Waals surface area (Å²) in [6.45, 7) is 0. The summed E-state index contributed by atoms with van der Waals surface area (Å²) in [6.07, 6.45) is -0.636. The highest BCUT2D eigenvalue weighted by molar-refractivity contribution is 6.42. The number of phenols is 1. The fourth-order valence-corrected chi connectivity index (χ4v) is 7.46. The molecule has 0 radical (unpaired) electrons. The van der Waals surface area contributed by atoms with Gasteiger partial charge in [-0.2, -0.15) is 5.26 Å². The number of hydrogen-bond acceptors (Lipinski definition) is 11. The Morgan fingerprint density at radius 1 is 1.07 bits per heavy atom. The number of anilines is 1. The lowest BCUT2D eigenvalue weighted by Gasteiger charge is -2.58. The standard InChI is InChI=1S/C30H30Cl2N6O6/c1-37(2)17-8-13(12-5-6-15(31)16(32)7-12)21(39)18-14(17)9-28(35)10-30(36)24(38(3)4)23(41)19(27(34)44)25(42)29(30,11-33)26(43)20(28)22(18)40/h5-8,24,39-40,42H,9-10,35-36H2,1-4H3,(H2,34,44)/t24-,28-,29+,30-/m1/s1. The van der Waals surface area contributed by atoms with Crippen LogP contribution in [0.3, 0.4) is 0 Å². The molecule has 4 atom stereocenters. The zero-order chi connectivity index (χ0) is 32.8. The number of halogens is 2. The first-order valence-electron chi connectivity index (χ1n) is 13.3. The first-order chi connectivity index (χ1) is 20.4. The van der Waals surface area contributed by atoms with E-state index in [2.05, 4.69) is 0 Å². The summed E-state index contributed by atoms with van der Waals surface area (Å²) in [6, 6.07) is 6.62. The summed E-state index contributed by atoms with van der Waals surface area (Å²) >= 11 is 12.3.